The van der Waals surface area contributed by atoms with Crippen LogP contribution in [0.4, 0.5) is 4.79 Å². The summed E-state index contributed by atoms with van der Waals surface area (Å²) >= 11 is 0. The van der Waals surface area contributed by atoms with E-state index in [2.05, 4.69) is 12.2 Å². The molecule has 0 radical (unpaired) electrons. The van der Waals surface area contributed by atoms with E-state index in [9.17, 15) is 14.4 Å². The highest BCUT2D eigenvalue weighted by atomic mass is 16.5. The maximum atomic E-state index is 13.3. The molecule has 2 aliphatic heterocycles. The first-order valence-electron chi connectivity index (χ1n) is 11.9. The molecule has 34 heavy (non-hydrogen) atoms. The third kappa shape index (κ3) is 5.79. The molecule has 0 aromatic heterocycles. The van der Waals surface area contributed by atoms with Crippen LogP contribution in [0.3, 0.4) is 0 Å². The second-order valence-electron chi connectivity index (χ2n) is 8.74. The van der Waals surface area contributed by atoms with Gasteiger partial charge < -0.3 is 24.6 Å². The van der Waals surface area contributed by atoms with Gasteiger partial charge in [0.25, 0.3) is 0 Å². The lowest BCUT2D eigenvalue weighted by Gasteiger charge is -2.54. The fourth-order valence-electron chi connectivity index (χ4n) is 4.58. The molecule has 2 fully saturated rings. The number of methoxy groups -OCH3 is 2. The predicted molar refractivity (Wildman–Crippen MR) is 127 cm³/mol. The number of ether oxygens (including phenoxy) is 2. The van der Waals surface area contributed by atoms with Crippen molar-refractivity contribution in [2.24, 2.45) is 0 Å². The molecule has 3 rings (SSSR count). The van der Waals surface area contributed by atoms with Crippen LogP contribution in [-0.2, 0) is 20.9 Å². The zero-order valence-electron chi connectivity index (χ0n) is 20.7. The van der Waals surface area contributed by atoms with E-state index in [4.69, 9.17) is 9.47 Å². The standard InChI is InChI=1S/C24H37N5O5/c1-5-6-8-20-23(31)27(13-7-14-33-3)16-21-28(20)22(30)17-26(2)29(21)24(32)25-15-18-9-11-19(34-4)12-10-18/h9-12,20-21H,5-8,13-17H2,1-4H3,(H,25,32)/t20-,21-/m0/s1. The number of urea groups is 1. The van der Waals surface area contributed by atoms with E-state index in [0.29, 0.717) is 32.5 Å². The van der Waals surface area contributed by atoms with Crippen molar-refractivity contribution < 1.29 is 23.9 Å². The number of unbranched alkanes of at least 4 members (excludes halogenated alkanes) is 1. The lowest BCUT2D eigenvalue weighted by molar-refractivity contribution is -0.187. The summed E-state index contributed by atoms with van der Waals surface area (Å²) in [6, 6.07) is 6.62. The minimum Gasteiger partial charge on any atom is -0.497 e. The van der Waals surface area contributed by atoms with E-state index in [0.717, 1.165) is 24.2 Å². The highest BCUT2D eigenvalue weighted by Crippen LogP contribution is 2.28. The molecular weight excluding hydrogens is 438 g/mol. The highest BCUT2D eigenvalue weighted by molar-refractivity contribution is 5.91. The molecule has 0 saturated carbocycles. The number of amides is 4. The Hall–Kier alpha value is -2.85. The molecule has 0 spiro atoms. The Morgan fingerprint density at radius 1 is 1.15 bits per heavy atom. The number of hydrazine groups is 1. The van der Waals surface area contributed by atoms with Crippen molar-refractivity contribution in [3.05, 3.63) is 29.8 Å². The van der Waals surface area contributed by atoms with Crippen LogP contribution in [0, 0.1) is 0 Å². The SMILES string of the molecule is CCCC[C@H]1C(=O)N(CCCOC)C[C@H]2N1C(=O)CN(C)N2C(=O)NCc1ccc(OC)cc1. The summed E-state index contributed by atoms with van der Waals surface area (Å²) in [4.78, 5) is 43.1. The van der Waals surface area contributed by atoms with Crippen molar-refractivity contribution in [1.82, 2.24) is 25.1 Å². The van der Waals surface area contributed by atoms with Gasteiger partial charge in [0, 0.05) is 33.9 Å². The van der Waals surface area contributed by atoms with Crippen LogP contribution in [0.25, 0.3) is 0 Å². The van der Waals surface area contributed by atoms with Gasteiger partial charge in [0.2, 0.25) is 11.8 Å². The van der Waals surface area contributed by atoms with E-state index in [1.54, 1.807) is 41.1 Å². The van der Waals surface area contributed by atoms with Crippen LogP contribution in [0.15, 0.2) is 24.3 Å². The summed E-state index contributed by atoms with van der Waals surface area (Å²) in [5, 5.41) is 6.19. The van der Waals surface area contributed by atoms with Crippen LogP contribution in [0.1, 0.15) is 38.2 Å². The first kappa shape index (κ1) is 25.8. The van der Waals surface area contributed by atoms with Gasteiger partial charge in [-0.1, -0.05) is 31.9 Å². The minimum absolute atomic E-state index is 0.0442. The molecule has 1 aromatic rings. The number of likely N-dealkylation sites (N-methyl/N-ethyl adjacent to an activating group) is 1. The minimum atomic E-state index is -0.556. The van der Waals surface area contributed by atoms with Gasteiger partial charge >= 0.3 is 6.03 Å². The Labute approximate surface area is 201 Å². The van der Waals surface area contributed by atoms with Crippen molar-refractivity contribution in [2.75, 3.05) is 47.5 Å². The van der Waals surface area contributed by atoms with E-state index in [1.807, 2.05) is 24.3 Å². The number of nitrogens with one attached hydrogen (secondary N) is 1. The predicted octanol–water partition coefficient (Wildman–Crippen LogP) is 1.66. The monoisotopic (exact) mass is 475 g/mol. The van der Waals surface area contributed by atoms with Crippen molar-refractivity contribution in [1.29, 1.82) is 0 Å². The summed E-state index contributed by atoms with van der Waals surface area (Å²) in [6.07, 6.45) is 2.49. The van der Waals surface area contributed by atoms with Gasteiger partial charge in [-0.25, -0.2) is 14.8 Å². The van der Waals surface area contributed by atoms with Crippen LogP contribution < -0.4 is 10.1 Å². The van der Waals surface area contributed by atoms with Crippen molar-refractivity contribution in [3.8, 4) is 5.75 Å². The van der Waals surface area contributed by atoms with Crippen molar-refractivity contribution in [3.63, 3.8) is 0 Å². The molecule has 188 valence electrons. The van der Waals surface area contributed by atoms with Gasteiger partial charge in [-0.3, -0.25) is 9.59 Å². The largest absolute Gasteiger partial charge is 0.497 e. The lowest BCUT2D eigenvalue weighted by Crippen LogP contribution is -2.76. The number of piperazine rings is 1. The molecule has 1 aromatic carbocycles. The quantitative estimate of drug-likeness (QED) is 0.517. The molecule has 2 saturated heterocycles. The maximum Gasteiger partial charge on any atom is 0.334 e. The summed E-state index contributed by atoms with van der Waals surface area (Å²) < 4.78 is 10.3. The molecule has 0 bridgehead atoms. The maximum absolute atomic E-state index is 13.3. The Morgan fingerprint density at radius 3 is 2.53 bits per heavy atom. The summed E-state index contributed by atoms with van der Waals surface area (Å²) in [7, 11) is 4.97. The van der Waals surface area contributed by atoms with Gasteiger partial charge in [-0.05, 0) is 30.5 Å². The number of nitrogens with zero attached hydrogens (tertiary/aromatic N) is 4. The van der Waals surface area contributed by atoms with Crippen LogP contribution in [-0.4, -0.2) is 97.4 Å². The van der Waals surface area contributed by atoms with E-state index < -0.39 is 12.2 Å². The Balaban J connectivity index is 1.79. The van der Waals surface area contributed by atoms with Gasteiger partial charge in [-0.15, -0.1) is 0 Å². The Morgan fingerprint density at radius 2 is 1.88 bits per heavy atom. The van der Waals surface area contributed by atoms with Gasteiger partial charge in [0.15, 0.2) is 0 Å². The number of rotatable bonds is 10. The van der Waals surface area contributed by atoms with Gasteiger partial charge in [0.05, 0.1) is 20.2 Å². The fourth-order valence-corrected chi connectivity index (χ4v) is 4.58. The molecule has 4 amide bonds. The van der Waals surface area contributed by atoms with Crippen molar-refractivity contribution >= 4 is 17.8 Å². The second kappa shape index (κ2) is 12.0. The van der Waals surface area contributed by atoms with Crippen LogP contribution >= 0.6 is 0 Å². The van der Waals surface area contributed by atoms with Gasteiger partial charge in [-0.2, -0.15) is 0 Å². The first-order valence-corrected chi connectivity index (χ1v) is 11.9. The lowest BCUT2D eigenvalue weighted by atomic mass is 10.0. The molecule has 0 aliphatic carbocycles. The summed E-state index contributed by atoms with van der Waals surface area (Å²) in [6.45, 7) is 3.79. The molecule has 2 heterocycles. The van der Waals surface area contributed by atoms with Crippen LogP contribution in [0.5, 0.6) is 5.75 Å². The average Bonchev–Trinajstić information content (AvgIpc) is 2.83. The first-order chi connectivity index (χ1) is 16.4. The third-order valence-electron chi connectivity index (χ3n) is 6.36. The third-order valence-corrected chi connectivity index (χ3v) is 6.36. The van der Waals surface area contributed by atoms with Crippen LogP contribution in [0.2, 0.25) is 0 Å². The number of benzene rings is 1. The molecule has 0 unspecified atom stereocenters. The molecule has 10 nitrogen and oxygen atoms in total. The normalized spacial score (nSPS) is 21.0. The second-order valence-corrected chi connectivity index (χ2v) is 8.74. The smallest absolute Gasteiger partial charge is 0.334 e. The Bertz CT molecular complexity index is 849. The Kier molecular flexibility index (Phi) is 9.12. The zero-order valence-corrected chi connectivity index (χ0v) is 20.7. The molecular formula is C24H37N5O5. The summed E-state index contributed by atoms with van der Waals surface area (Å²) in [5.74, 6) is 0.577. The number of hydrogen-bond acceptors (Lipinski definition) is 6. The summed E-state index contributed by atoms with van der Waals surface area (Å²) in [5.41, 5.74) is 0.933. The average molecular weight is 476 g/mol. The van der Waals surface area contributed by atoms with E-state index in [-0.39, 0.29) is 30.9 Å². The number of carbonyl (C=O) groups is 3. The number of fused-ring (bicyclic) bond motifs is 1. The molecule has 10 heteroatoms. The number of hydrogen-bond donors (Lipinski definition) is 1. The molecule has 2 aliphatic rings. The fraction of sp³-hybridized carbons (Fsp3) is 0.625. The molecule has 1 N–H and O–H groups in total. The van der Waals surface area contributed by atoms with E-state index in [1.165, 1.54) is 0 Å². The topological polar surface area (TPSA) is 94.7 Å². The van der Waals surface area contributed by atoms with Crippen molar-refractivity contribution in [2.45, 2.75) is 51.4 Å². The zero-order chi connectivity index (χ0) is 24.7. The highest BCUT2D eigenvalue weighted by Gasteiger charge is 2.50. The van der Waals surface area contributed by atoms with E-state index >= 15 is 0 Å². The number of carbonyl (C=O) groups excluding carboxylic acids is 3. The van der Waals surface area contributed by atoms with Gasteiger partial charge in [0.1, 0.15) is 18.0 Å². The molecule has 2 atom stereocenters.